The molecule has 3 rings (SSSR count). The minimum Gasteiger partial charge on any atom is -0.349 e. The second-order valence-corrected chi connectivity index (χ2v) is 6.02. The molecule has 3 nitrogen and oxygen atoms in total. The summed E-state index contributed by atoms with van der Waals surface area (Å²) >= 11 is 0. The maximum Gasteiger partial charge on any atom is 0.251 e. The molecule has 120 valence electrons. The minimum absolute atomic E-state index is 0.165. The summed E-state index contributed by atoms with van der Waals surface area (Å²) in [6, 6.07) is 16.4. The highest BCUT2D eigenvalue weighted by atomic mass is 19.1. The highest BCUT2D eigenvalue weighted by Gasteiger charge is 2.21. The largest absolute Gasteiger partial charge is 0.349 e. The molecule has 0 atom stereocenters. The molecule has 2 aromatic rings. The van der Waals surface area contributed by atoms with Gasteiger partial charge in [0.15, 0.2) is 0 Å². The van der Waals surface area contributed by atoms with Gasteiger partial charge >= 0.3 is 0 Å². The molecule has 0 aliphatic carbocycles. The SMILES string of the molecule is O=C(NC1CCN(Cc2ccccc2)CC1)c1cccc(F)c1. The van der Waals surface area contributed by atoms with E-state index >= 15 is 0 Å². The molecule has 23 heavy (non-hydrogen) atoms. The van der Waals surface area contributed by atoms with E-state index in [1.807, 2.05) is 6.07 Å². The van der Waals surface area contributed by atoms with Crippen LogP contribution >= 0.6 is 0 Å². The number of carbonyl (C=O) groups is 1. The normalized spacial score (nSPS) is 16.2. The molecule has 0 unspecified atom stereocenters. The number of halogens is 1. The molecule has 1 N–H and O–H groups in total. The number of piperidine rings is 1. The number of likely N-dealkylation sites (tertiary alicyclic amines) is 1. The third-order valence-electron chi connectivity index (χ3n) is 4.26. The molecule has 0 spiro atoms. The van der Waals surface area contributed by atoms with Crippen molar-refractivity contribution in [2.75, 3.05) is 13.1 Å². The fourth-order valence-corrected chi connectivity index (χ4v) is 2.98. The van der Waals surface area contributed by atoms with Crippen molar-refractivity contribution in [3.8, 4) is 0 Å². The Morgan fingerprint density at radius 1 is 1.09 bits per heavy atom. The highest BCUT2D eigenvalue weighted by molar-refractivity contribution is 5.94. The van der Waals surface area contributed by atoms with Gasteiger partial charge in [0.2, 0.25) is 0 Å². The molecule has 2 aromatic carbocycles. The Morgan fingerprint density at radius 3 is 2.52 bits per heavy atom. The zero-order valence-corrected chi connectivity index (χ0v) is 13.0. The summed E-state index contributed by atoms with van der Waals surface area (Å²) in [7, 11) is 0. The first-order valence-electron chi connectivity index (χ1n) is 8.03. The maximum absolute atomic E-state index is 13.2. The van der Waals surface area contributed by atoms with Crippen molar-refractivity contribution in [2.45, 2.75) is 25.4 Å². The number of carbonyl (C=O) groups excluding carboxylic acids is 1. The smallest absolute Gasteiger partial charge is 0.251 e. The molecule has 1 amide bonds. The van der Waals surface area contributed by atoms with Crippen molar-refractivity contribution in [1.29, 1.82) is 0 Å². The molecule has 0 bridgehead atoms. The Morgan fingerprint density at radius 2 is 1.83 bits per heavy atom. The molecule has 1 heterocycles. The number of benzene rings is 2. The fourth-order valence-electron chi connectivity index (χ4n) is 2.98. The summed E-state index contributed by atoms with van der Waals surface area (Å²) in [4.78, 5) is 14.5. The van der Waals surface area contributed by atoms with Gasteiger partial charge in [-0.2, -0.15) is 0 Å². The molecule has 0 aromatic heterocycles. The molecular weight excluding hydrogens is 291 g/mol. The van der Waals surface area contributed by atoms with Crippen LogP contribution in [-0.4, -0.2) is 29.9 Å². The van der Waals surface area contributed by atoms with Crippen molar-refractivity contribution in [3.05, 3.63) is 71.5 Å². The summed E-state index contributed by atoms with van der Waals surface area (Å²) in [5, 5.41) is 3.01. The first-order valence-corrected chi connectivity index (χ1v) is 8.03. The molecular formula is C19H21FN2O. The van der Waals surface area contributed by atoms with Gasteiger partial charge in [-0.3, -0.25) is 9.69 Å². The summed E-state index contributed by atoms with van der Waals surface area (Å²) < 4.78 is 13.2. The Balaban J connectivity index is 1.48. The standard InChI is InChI=1S/C19H21FN2O/c20-17-8-4-7-16(13-17)19(23)21-18-9-11-22(12-10-18)14-15-5-2-1-3-6-15/h1-8,13,18H,9-12,14H2,(H,21,23). The van der Waals surface area contributed by atoms with Gasteiger partial charge in [-0.25, -0.2) is 4.39 Å². The van der Waals surface area contributed by atoms with Crippen molar-refractivity contribution in [1.82, 2.24) is 10.2 Å². The monoisotopic (exact) mass is 312 g/mol. The number of amides is 1. The van der Waals surface area contributed by atoms with Crippen LogP contribution in [0.4, 0.5) is 4.39 Å². The van der Waals surface area contributed by atoms with Crippen molar-refractivity contribution >= 4 is 5.91 Å². The van der Waals surface area contributed by atoms with Crippen LogP contribution in [0.15, 0.2) is 54.6 Å². The second kappa shape index (κ2) is 7.38. The van der Waals surface area contributed by atoms with Crippen LogP contribution in [0.2, 0.25) is 0 Å². The quantitative estimate of drug-likeness (QED) is 0.940. The van der Waals surface area contributed by atoms with Gasteiger partial charge in [0.1, 0.15) is 5.82 Å². The van der Waals surface area contributed by atoms with E-state index in [0.717, 1.165) is 32.5 Å². The van der Waals surface area contributed by atoms with E-state index in [1.54, 1.807) is 12.1 Å². The van der Waals surface area contributed by atoms with E-state index < -0.39 is 0 Å². The third-order valence-corrected chi connectivity index (χ3v) is 4.26. The lowest BCUT2D eigenvalue weighted by Crippen LogP contribution is -2.44. The Hall–Kier alpha value is -2.20. The predicted octanol–water partition coefficient (Wildman–Crippen LogP) is 3.22. The van der Waals surface area contributed by atoms with Gasteiger partial charge in [0, 0.05) is 31.2 Å². The van der Waals surface area contributed by atoms with Gasteiger partial charge in [-0.15, -0.1) is 0 Å². The van der Waals surface area contributed by atoms with Crippen LogP contribution in [-0.2, 0) is 6.54 Å². The number of nitrogens with zero attached hydrogens (tertiary/aromatic N) is 1. The zero-order chi connectivity index (χ0) is 16.1. The number of hydrogen-bond donors (Lipinski definition) is 1. The van der Waals surface area contributed by atoms with Crippen LogP contribution in [0.1, 0.15) is 28.8 Å². The van der Waals surface area contributed by atoms with Gasteiger partial charge in [0.25, 0.3) is 5.91 Å². The third kappa shape index (κ3) is 4.39. The lowest BCUT2D eigenvalue weighted by Gasteiger charge is -2.32. The van der Waals surface area contributed by atoms with Gasteiger partial charge in [0.05, 0.1) is 0 Å². The number of nitrogens with one attached hydrogen (secondary N) is 1. The first kappa shape index (κ1) is 15.7. The molecule has 0 saturated carbocycles. The summed E-state index contributed by atoms with van der Waals surface area (Å²) in [5.41, 5.74) is 1.70. The fraction of sp³-hybridized carbons (Fsp3) is 0.316. The van der Waals surface area contributed by atoms with E-state index in [4.69, 9.17) is 0 Å². The first-order chi connectivity index (χ1) is 11.2. The molecule has 1 aliphatic heterocycles. The van der Waals surface area contributed by atoms with Crippen LogP contribution < -0.4 is 5.32 Å². The van der Waals surface area contributed by atoms with E-state index in [2.05, 4.69) is 34.5 Å². The van der Waals surface area contributed by atoms with Gasteiger partial charge in [-0.1, -0.05) is 36.4 Å². The van der Waals surface area contributed by atoms with Crippen LogP contribution in [0.25, 0.3) is 0 Å². The number of rotatable bonds is 4. The zero-order valence-electron chi connectivity index (χ0n) is 13.0. The van der Waals surface area contributed by atoms with Gasteiger partial charge in [-0.05, 0) is 36.6 Å². The molecule has 4 heteroatoms. The Kier molecular flexibility index (Phi) is 5.03. The second-order valence-electron chi connectivity index (χ2n) is 6.02. The Bertz CT molecular complexity index is 651. The average molecular weight is 312 g/mol. The summed E-state index contributed by atoms with van der Waals surface area (Å²) in [6.45, 7) is 2.87. The summed E-state index contributed by atoms with van der Waals surface area (Å²) in [5.74, 6) is -0.568. The van der Waals surface area contributed by atoms with Crippen molar-refractivity contribution in [3.63, 3.8) is 0 Å². The molecule has 0 radical (unpaired) electrons. The maximum atomic E-state index is 13.2. The van der Waals surface area contributed by atoms with Crippen LogP contribution in [0, 0.1) is 5.82 Å². The van der Waals surface area contributed by atoms with E-state index in [0.29, 0.717) is 5.56 Å². The number of hydrogen-bond acceptors (Lipinski definition) is 2. The average Bonchev–Trinajstić information content (AvgIpc) is 2.57. The molecule has 1 saturated heterocycles. The van der Waals surface area contributed by atoms with Crippen LogP contribution in [0.5, 0.6) is 0 Å². The molecule has 1 fully saturated rings. The van der Waals surface area contributed by atoms with Crippen LogP contribution in [0.3, 0.4) is 0 Å². The topological polar surface area (TPSA) is 32.3 Å². The predicted molar refractivity (Wildman–Crippen MR) is 88.6 cm³/mol. The van der Waals surface area contributed by atoms with Crippen molar-refractivity contribution < 1.29 is 9.18 Å². The summed E-state index contributed by atoms with van der Waals surface area (Å²) in [6.07, 6.45) is 1.85. The minimum atomic E-state index is -0.379. The lowest BCUT2D eigenvalue weighted by atomic mass is 10.0. The van der Waals surface area contributed by atoms with E-state index in [1.165, 1.54) is 17.7 Å². The lowest BCUT2D eigenvalue weighted by molar-refractivity contribution is 0.0908. The van der Waals surface area contributed by atoms with E-state index in [9.17, 15) is 9.18 Å². The van der Waals surface area contributed by atoms with Gasteiger partial charge < -0.3 is 5.32 Å². The molecule has 1 aliphatic rings. The highest BCUT2D eigenvalue weighted by Crippen LogP contribution is 2.14. The van der Waals surface area contributed by atoms with E-state index in [-0.39, 0.29) is 17.8 Å². The van der Waals surface area contributed by atoms with Crippen molar-refractivity contribution in [2.24, 2.45) is 0 Å². The Labute approximate surface area is 136 Å².